The summed E-state index contributed by atoms with van der Waals surface area (Å²) in [5, 5.41) is 1.19. The molecule has 0 spiro atoms. The first-order chi connectivity index (χ1) is 8.53. The molecule has 1 fully saturated rings. The second-order valence-electron chi connectivity index (χ2n) is 4.11. The lowest BCUT2D eigenvalue weighted by molar-refractivity contribution is -0.151. The van der Waals surface area contributed by atoms with Crippen molar-refractivity contribution in [1.82, 2.24) is 9.97 Å². The molecule has 0 atom stereocenters. The number of aromatic nitrogens is 2. The van der Waals surface area contributed by atoms with Gasteiger partial charge in [0.25, 0.3) is 0 Å². The third-order valence-electron chi connectivity index (χ3n) is 2.65. The Labute approximate surface area is 108 Å². The van der Waals surface area contributed by atoms with Gasteiger partial charge in [0.15, 0.2) is 5.69 Å². The maximum Gasteiger partial charge on any atom is 0.433 e. The Balaban J connectivity index is 2.30. The predicted molar refractivity (Wildman–Crippen MR) is 53.7 cm³/mol. The number of nitrogens with zero attached hydrogens (tertiary/aromatic N) is 2. The largest absolute Gasteiger partial charge is 0.433 e. The van der Waals surface area contributed by atoms with Crippen LogP contribution in [-0.2, 0) is 6.18 Å². The van der Waals surface area contributed by atoms with Gasteiger partial charge in [-0.15, -0.1) is 0 Å². The van der Waals surface area contributed by atoms with Crippen molar-refractivity contribution in [3.05, 3.63) is 17.0 Å². The minimum absolute atomic E-state index is 0.223. The normalized spacial score (nSPS) is 18.3. The first kappa shape index (κ1) is 14.2. The quantitative estimate of drug-likeness (QED) is 0.669. The Morgan fingerprint density at radius 1 is 1.11 bits per heavy atom. The lowest BCUT2D eigenvalue weighted by atomic mass is 10.2. The van der Waals surface area contributed by atoms with E-state index in [9.17, 15) is 26.3 Å². The maximum absolute atomic E-state index is 12.7. The van der Waals surface area contributed by atoms with Gasteiger partial charge in [-0.25, -0.2) is 9.97 Å². The number of alkyl halides is 6. The highest BCUT2D eigenvalue weighted by Gasteiger charge is 2.63. The number of halogens is 7. The van der Waals surface area contributed by atoms with E-state index in [-0.39, 0.29) is 12.8 Å². The van der Waals surface area contributed by atoms with Crippen LogP contribution in [0.3, 0.4) is 0 Å². The first-order valence-electron chi connectivity index (χ1n) is 5.00. The molecule has 1 aliphatic carbocycles. The van der Waals surface area contributed by atoms with Crippen LogP contribution in [0.15, 0.2) is 6.07 Å². The second kappa shape index (κ2) is 4.12. The van der Waals surface area contributed by atoms with E-state index in [0.29, 0.717) is 6.07 Å². The summed E-state index contributed by atoms with van der Waals surface area (Å²) in [4.78, 5) is 6.26. The molecule has 0 unspecified atom stereocenters. The van der Waals surface area contributed by atoms with E-state index < -0.39 is 34.7 Å². The van der Waals surface area contributed by atoms with Crippen LogP contribution in [0.2, 0.25) is 5.28 Å². The number of rotatable bonds is 2. The lowest BCUT2D eigenvalue weighted by Gasteiger charge is -2.21. The van der Waals surface area contributed by atoms with Gasteiger partial charge < -0.3 is 5.32 Å². The van der Waals surface area contributed by atoms with Gasteiger partial charge in [-0.2, -0.15) is 26.3 Å². The molecule has 1 aromatic heterocycles. The standard InChI is InChI=1S/C9H6ClF6N3/c10-6-17-4(8(11,12)13)3-5(18-6)19-7(1-2-7)9(14,15)16/h3H,1-2H2,(H,17,18,19). The molecule has 106 valence electrons. The van der Waals surface area contributed by atoms with E-state index in [1.54, 1.807) is 0 Å². The van der Waals surface area contributed by atoms with E-state index in [2.05, 4.69) is 9.97 Å². The summed E-state index contributed by atoms with van der Waals surface area (Å²) in [5.74, 6) is -0.595. The minimum Gasteiger partial charge on any atom is -0.356 e. The SMILES string of the molecule is FC(F)(F)c1cc(NC2(C(F)(F)F)CC2)nc(Cl)n1. The average molecular weight is 306 g/mol. The molecule has 0 bridgehead atoms. The topological polar surface area (TPSA) is 37.8 Å². The van der Waals surface area contributed by atoms with Crippen LogP contribution in [0, 0.1) is 0 Å². The highest BCUT2D eigenvalue weighted by atomic mass is 35.5. The average Bonchev–Trinajstić information content (AvgIpc) is 2.95. The summed E-state index contributed by atoms with van der Waals surface area (Å²) < 4.78 is 75.3. The highest BCUT2D eigenvalue weighted by molar-refractivity contribution is 6.28. The van der Waals surface area contributed by atoms with Gasteiger partial charge in [-0.05, 0) is 24.4 Å². The molecule has 1 aliphatic rings. The summed E-state index contributed by atoms with van der Waals surface area (Å²) in [5.41, 5.74) is -3.61. The molecule has 1 N–H and O–H groups in total. The molecule has 2 rings (SSSR count). The van der Waals surface area contributed by atoms with Crippen molar-refractivity contribution < 1.29 is 26.3 Å². The van der Waals surface area contributed by atoms with Crippen molar-refractivity contribution in [3.8, 4) is 0 Å². The van der Waals surface area contributed by atoms with Gasteiger partial charge in [0.2, 0.25) is 5.28 Å². The van der Waals surface area contributed by atoms with Crippen LogP contribution in [0.25, 0.3) is 0 Å². The molecule has 1 aromatic rings. The third kappa shape index (κ3) is 2.85. The van der Waals surface area contributed by atoms with Gasteiger partial charge in [-0.3, -0.25) is 0 Å². The van der Waals surface area contributed by atoms with Crippen molar-refractivity contribution >= 4 is 17.4 Å². The van der Waals surface area contributed by atoms with E-state index >= 15 is 0 Å². The van der Waals surface area contributed by atoms with Crippen LogP contribution in [0.1, 0.15) is 18.5 Å². The first-order valence-corrected chi connectivity index (χ1v) is 5.38. The molecule has 0 aromatic carbocycles. The lowest BCUT2D eigenvalue weighted by Crippen LogP contribution is -2.39. The highest BCUT2D eigenvalue weighted by Crippen LogP contribution is 2.51. The summed E-state index contributed by atoms with van der Waals surface area (Å²) in [7, 11) is 0. The van der Waals surface area contributed by atoms with Crippen LogP contribution in [-0.4, -0.2) is 21.7 Å². The zero-order chi connectivity index (χ0) is 14.5. The van der Waals surface area contributed by atoms with E-state index in [1.165, 1.54) is 0 Å². The zero-order valence-corrected chi connectivity index (χ0v) is 9.79. The summed E-state index contributed by atoms with van der Waals surface area (Å²) in [6.07, 6.45) is -9.82. The van der Waals surface area contributed by atoms with Crippen molar-refractivity contribution in [2.24, 2.45) is 0 Å². The fourth-order valence-electron chi connectivity index (χ4n) is 1.48. The molecule has 0 saturated heterocycles. The van der Waals surface area contributed by atoms with E-state index in [4.69, 9.17) is 11.6 Å². The molecule has 1 saturated carbocycles. The Kier molecular flexibility index (Phi) is 3.07. The fourth-order valence-corrected chi connectivity index (χ4v) is 1.66. The van der Waals surface area contributed by atoms with Crippen LogP contribution in [0.5, 0.6) is 0 Å². The molecule has 0 aliphatic heterocycles. The zero-order valence-electron chi connectivity index (χ0n) is 9.03. The maximum atomic E-state index is 12.7. The summed E-state index contributed by atoms with van der Waals surface area (Å²) in [6, 6.07) is 0.400. The van der Waals surface area contributed by atoms with Crippen LogP contribution < -0.4 is 5.32 Å². The van der Waals surface area contributed by atoms with Crippen molar-refractivity contribution in [3.63, 3.8) is 0 Å². The van der Waals surface area contributed by atoms with Gasteiger partial charge >= 0.3 is 12.4 Å². The number of hydrogen-bond donors (Lipinski definition) is 1. The number of hydrogen-bond acceptors (Lipinski definition) is 3. The molecule has 1 heterocycles. The van der Waals surface area contributed by atoms with Crippen molar-refractivity contribution in [2.45, 2.75) is 30.7 Å². The van der Waals surface area contributed by atoms with Crippen molar-refractivity contribution in [2.75, 3.05) is 5.32 Å². The number of anilines is 1. The van der Waals surface area contributed by atoms with Crippen LogP contribution >= 0.6 is 11.6 Å². The Morgan fingerprint density at radius 3 is 2.11 bits per heavy atom. The van der Waals surface area contributed by atoms with Crippen molar-refractivity contribution in [1.29, 1.82) is 0 Å². The Hall–Kier alpha value is -1.25. The van der Waals surface area contributed by atoms with Gasteiger partial charge in [0.1, 0.15) is 11.4 Å². The monoisotopic (exact) mass is 305 g/mol. The Bertz CT molecular complexity index is 494. The smallest absolute Gasteiger partial charge is 0.356 e. The summed E-state index contributed by atoms with van der Waals surface area (Å²) in [6.45, 7) is 0. The number of nitrogens with one attached hydrogen (secondary N) is 1. The molecular formula is C9H6ClF6N3. The summed E-state index contributed by atoms with van der Waals surface area (Å²) >= 11 is 5.28. The molecule has 0 radical (unpaired) electrons. The molecule has 19 heavy (non-hydrogen) atoms. The molecule has 10 heteroatoms. The third-order valence-corrected chi connectivity index (χ3v) is 2.82. The van der Waals surface area contributed by atoms with E-state index in [1.807, 2.05) is 5.32 Å². The molecule has 0 amide bonds. The van der Waals surface area contributed by atoms with Gasteiger partial charge in [0, 0.05) is 6.07 Å². The van der Waals surface area contributed by atoms with Gasteiger partial charge in [0.05, 0.1) is 0 Å². The van der Waals surface area contributed by atoms with Crippen LogP contribution in [0.4, 0.5) is 32.2 Å². The minimum atomic E-state index is -4.81. The molecule has 3 nitrogen and oxygen atoms in total. The fraction of sp³-hybridized carbons (Fsp3) is 0.556. The Morgan fingerprint density at radius 2 is 1.68 bits per heavy atom. The molecular weight excluding hydrogens is 300 g/mol. The predicted octanol–water partition coefficient (Wildman–Crippen LogP) is 3.66. The second-order valence-corrected chi connectivity index (χ2v) is 4.45. The van der Waals surface area contributed by atoms with Gasteiger partial charge in [-0.1, -0.05) is 0 Å². The van der Waals surface area contributed by atoms with E-state index in [0.717, 1.165) is 0 Å².